The molecule has 0 aromatic heterocycles. The third-order valence-electron chi connectivity index (χ3n) is 1.64. The van der Waals surface area contributed by atoms with E-state index in [1.54, 1.807) is 13.0 Å². The Morgan fingerprint density at radius 1 is 1.70 bits per heavy atom. The first-order chi connectivity index (χ1) is 4.74. The van der Waals surface area contributed by atoms with Gasteiger partial charge >= 0.3 is 7.48 Å². The molecule has 0 bridgehead atoms. The van der Waals surface area contributed by atoms with E-state index >= 15 is 0 Å². The molecule has 0 saturated heterocycles. The molecule has 0 saturated carbocycles. The second-order valence-electron chi connectivity index (χ2n) is 2.53. The van der Waals surface area contributed by atoms with Gasteiger partial charge in [-0.05, 0) is 12.5 Å². The zero-order valence-electron chi connectivity index (χ0n) is 5.84. The predicted octanol–water partition coefficient (Wildman–Crippen LogP) is 1.37. The van der Waals surface area contributed by atoms with Crippen LogP contribution in [0.25, 0.3) is 0 Å². The molecule has 1 unspecified atom stereocenters. The van der Waals surface area contributed by atoms with Crippen LogP contribution in [0.15, 0.2) is 23.5 Å². The van der Waals surface area contributed by atoms with Crippen LogP contribution in [0.4, 0.5) is 4.39 Å². The predicted molar refractivity (Wildman–Crippen MR) is 39.0 cm³/mol. The summed E-state index contributed by atoms with van der Waals surface area (Å²) < 4.78 is 12.6. The normalized spacial score (nSPS) is 25.3. The number of allylic oxidation sites excluding steroid dienone is 4. The van der Waals surface area contributed by atoms with Crippen LogP contribution in [0.5, 0.6) is 0 Å². The van der Waals surface area contributed by atoms with Gasteiger partial charge in [0, 0.05) is 5.92 Å². The summed E-state index contributed by atoms with van der Waals surface area (Å²) in [6.07, 6.45) is 3.59. The number of hydrogen-bond donors (Lipinski definition) is 1. The fourth-order valence-electron chi connectivity index (χ4n) is 0.966. The summed E-state index contributed by atoms with van der Waals surface area (Å²) in [5.41, 5.74) is 0.786. The lowest BCUT2D eigenvalue weighted by atomic mass is 9.78. The number of halogens is 1. The highest BCUT2D eigenvalue weighted by Crippen LogP contribution is 2.24. The highest BCUT2D eigenvalue weighted by atomic mass is 19.1. The molecule has 1 aliphatic rings. The first kappa shape index (κ1) is 7.54. The van der Waals surface area contributed by atoms with Gasteiger partial charge in [0.15, 0.2) is 0 Å². The van der Waals surface area contributed by atoms with Crippen LogP contribution in [0.2, 0.25) is 0 Å². The minimum absolute atomic E-state index is 0.0802. The van der Waals surface area contributed by atoms with Gasteiger partial charge in [-0.3, -0.25) is 0 Å². The van der Waals surface area contributed by atoms with Gasteiger partial charge in [0.1, 0.15) is 5.83 Å². The molecule has 1 aliphatic carbocycles. The van der Waals surface area contributed by atoms with Gasteiger partial charge in [-0.15, -0.1) is 0 Å². The molecule has 1 N–H and O–H groups in total. The molecule has 1 nitrogen and oxygen atoms in total. The van der Waals surface area contributed by atoms with Gasteiger partial charge < -0.3 is 5.02 Å². The molecule has 1 radical (unpaired) electrons. The SMILES string of the molecule is CC1CC([B]O)=CC=C1F. The van der Waals surface area contributed by atoms with Crippen LogP contribution < -0.4 is 0 Å². The highest BCUT2D eigenvalue weighted by Gasteiger charge is 2.14. The zero-order valence-corrected chi connectivity index (χ0v) is 5.84. The molecule has 1 atom stereocenters. The van der Waals surface area contributed by atoms with Crippen molar-refractivity contribution in [3.8, 4) is 0 Å². The first-order valence-electron chi connectivity index (χ1n) is 3.27. The molecule has 0 fully saturated rings. The van der Waals surface area contributed by atoms with E-state index < -0.39 is 0 Å². The monoisotopic (exact) mass is 139 g/mol. The standard InChI is InChI=1S/C7H9BFO/c1-5-4-6(8-10)2-3-7(5)9/h2-3,5,10H,4H2,1H3. The van der Waals surface area contributed by atoms with Crippen LogP contribution >= 0.6 is 0 Å². The quantitative estimate of drug-likeness (QED) is 0.544. The Bertz CT molecular complexity index is 186. The zero-order chi connectivity index (χ0) is 7.56. The summed E-state index contributed by atoms with van der Waals surface area (Å²) in [4.78, 5) is 0. The minimum Gasteiger partial charge on any atom is -0.450 e. The smallest absolute Gasteiger partial charge is 0.322 e. The van der Waals surface area contributed by atoms with Crippen LogP contribution in [0.3, 0.4) is 0 Å². The largest absolute Gasteiger partial charge is 0.450 e. The van der Waals surface area contributed by atoms with Crippen LogP contribution in [0.1, 0.15) is 13.3 Å². The van der Waals surface area contributed by atoms with Crippen molar-refractivity contribution in [2.75, 3.05) is 0 Å². The van der Waals surface area contributed by atoms with E-state index in [4.69, 9.17) is 5.02 Å². The molecule has 0 amide bonds. The lowest BCUT2D eigenvalue weighted by molar-refractivity contribution is 0.484. The van der Waals surface area contributed by atoms with Crippen LogP contribution in [0, 0.1) is 5.92 Å². The van der Waals surface area contributed by atoms with Gasteiger partial charge in [-0.25, -0.2) is 4.39 Å². The lowest BCUT2D eigenvalue weighted by Gasteiger charge is -2.13. The lowest BCUT2D eigenvalue weighted by Crippen LogP contribution is -2.06. The Balaban J connectivity index is 2.68. The average Bonchev–Trinajstić information content (AvgIpc) is 1.95. The molecule has 0 aliphatic heterocycles. The first-order valence-corrected chi connectivity index (χ1v) is 3.27. The topological polar surface area (TPSA) is 20.2 Å². The van der Waals surface area contributed by atoms with E-state index in [9.17, 15) is 4.39 Å². The molecule has 10 heavy (non-hydrogen) atoms. The molecular weight excluding hydrogens is 130 g/mol. The van der Waals surface area contributed by atoms with Crippen LogP contribution in [-0.4, -0.2) is 12.5 Å². The Morgan fingerprint density at radius 2 is 2.40 bits per heavy atom. The van der Waals surface area contributed by atoms with Crippen molar-refractivity contribution in [1.82, 2.24) is 0 Å². The highest BCUT2D eigenvalue weighted by molar-refractivity contribution is 6.36. The summed E-state index contributed by atoms with van der Waals surface area (Å²) in [5.74, 6) is -0.186. The molecule has 1 rings (SSSR count). The molecular formula is C7H9BFO. The van der Waals surface area contributed by atoms with Crippen molar-refractivity contribution >= 4 is 7.48 Å². The molecule has 3 heteroatoms. The van der Waals surface area contributed by atoms with Crippen molar-refractivity contribution in [2.24, 2.45) is 5.92 Å². The third-order valence-corrected chi connectivity index (χ3v) is 1.64. The van der Waals surface area contributed by atoms with E-state index in [2.05, 4.69) is 0 Å². The van der Waals surface area contributed by atoms with Crippen molar-refractivity contribution in [3.63, 3.8) is 0 Å². The molecule has 0 spiro atoms. The number of rotatable bonds is 1. The second kappa shape index (κ2) is 3.02. The van der Waals surface area contributed by atoms with Gasteiger partial charge in [0.2, 0.25) is 0 Å². The maximum absolute atomic E-state index is 12.6. The van der Waals surface area contributed by atoms with E-state index in [1.165, 1.54) is 6.08 Å². The summed E-state index contributed by atoms with van der Waals surface area (Å²) >= 11 is 0. The Labute approximate surface area is 60.5 Å². The maximum atomic E-state index is 12.6. The van der Waals surface area contributed by atoms with Crippen molar-refractivity contribution < 1.29 is 9.41 Å². The van der Waals surface area contributed by atoms with Crippen molar-refractivity contribution in [2.45, 2.75) is 13.3 Å². The Hall–Kier alpha value is -0.565. The maximum Gasteiger partial charge on any atom is 0.322 e. The van der Waals surface area contributed by atoms with Crippen molar-refractivity contribution in [1.29, 1.82) is 0 Å². The third kappa shape index (κ3) is 1.48. The molecule has 0 aromatic rings. The summed E-state index contributed by atoms with van der Waals surface area (Å²) in [6.45, 7) is 1.79. The molecule has 0 aromatic carbocycles. The summed E-state index contributed by atoms with van der Waals surface area (Å²) in [7, 11) is 1.03. The van der Waals surface area contributed by atoms with Crippen molar-refractivity contribution in [3.05, 3.63) is 23.5 Å². The van der Waals surface area contributed by atoms with E-state index in [0.29, 0.717) is 6.42 Å². The fourth-order valence-corrected chi connectivity index (χ4v) is 0.966. The molecule has 53 valence electrons. The van der Waals surface area contributed by atoms with E-state index in [1.807, 2.05) is 0 Å². The fraction of sp³-hybridized carbons (Fsp3) is 0.429. The van der Waals surface area contributed by atoms with E-state index in [-0.39, 0.29) is 11.7 Å². The Morgan fingerprint density at radius 3 is 2.90 bits per heavy atom. The van der Waals surface area contributed by atoms with Gasteiger partial charge in [-0.2, -0.15) is 0 Å². The minimum atomic E-state index is -0.106. The van der Waals surface area contributed by atoms with E-state index in [0.717, 1.165) is 13.0 Å². The van der Waals surface area contributed by atoms with Gasteiger partial charge in [-0.1, -0.05) is 18.5 Å². The number of hydrogen-bond acceptors (Lipinski definition) is 1. The average molecular weight is 139 g/mol. The molecule has 0 heterocycles. The summed E-state index contributed by atoms with van der Waals surface area (Å²) in [5, 5.41) is 8.55. The van der Waals surface area contributed by atoms with Crippen LogP contribution in [-0.2, 0) is 0 Å². The van der Waals surface area contributed by atoms with Gasteiger partial charge in [0.25, 0.3) is 0 Å². The van der Waals surface area contributed by atoms with Gasteiger partial charge in [0.05, 0.1) is 0 Å². The summed E-state index contributed by atoms with van der Waals surface area (Å²) in [6, 6.07) is 0. The second-order valence-corrected chi connectivity index (χ2v) is 2.53. The Kier molecular flexibility index (Phi) is 2.27.